The highest BCUT2D eigenvalue weighted by Crippen LogP contribution is 2.20. The number of Topliss-reactive ketones (excluding diaryl/α,β-unsaturated/α-hetero) is 1. The van der Waals surface area contributed by atoms with Crippen LogP contribution in [0.25, 0.3) is 0 Å². The molecular weight excluding hydrogens is 374 g/mol. The third-order valence-electron chi connectivity index (χ3n) is 4.60. The van der Waals surface area contributed by atoms with Crippen molar-refractivity contribution in [3.05, 3.63) is 52.3 Å². The molecule has 1 aliphatic heterocycles. The van der Waals surface area contributed by atoms with E-state index in [0.29, 0.717) is 43.3 Å². The lowest BCUT2D eigenvalue weighted by Gasteiger charge is -2.33. The van der Waals surface area contributed by atoms with E-state index in [-0.39, 0.29) is 10.7 Å². The number of aromatic amines is 1. The summed E-state index contributed by atoms with van der Waals surface area (Å²) in [5.74, 6) is 0.0564. The summed E-state index contributed by atoms with van der Waals surface area (Å²) in [5, 5.41) is 0.502. The molecule has 0 aliphatic carbocycles. The molecule has 0 amide bonds. The van der Waals surface area contributed by atoms with Crippen LogP contribution in [0.4, 0.5) is 0 Å². The Morgan fingerprint density at radius 2 is 1.73 bits per heavy atom. The van der Waals surface area contributed by atoms with Crippen LogP contribution in [-0.4, -0.2) is 61.1 Å². The van der Waals surface area contributed by atoms with Crippen LogP contribution in [0.5, 0.6) is 0 Å². The van der Waals surface area contributed by atoms with Crippen molar-refractivity contribution >= 4 is 27.4 Å². The Bertz CT molecular complexity index is 898. The van der Waals surface area contributed by atoms with E-state index in [0.717, 1.165) is 11.4 Å². The second kappa shape index (κ2) is 7.52. The third kappa shape index (κ3) is 4.01. The van der Waals surface area contributed by atoms with Crippen molar-refractivity contribution in [2.45, 2.75) is 18.7 Å². The zero-order valence-corrected chi connectivity index (χ0v) is 16.4. The van der Waals surface area contributed by atoms with Gasteiger partial charge in [0.1, 0.15) is 0 Å². The molecule has 1 saturated heterocycles. The second-order valence-electron chi connectivity index (χ2n) is 6.55. The Morgan fingerprint density at radius 1 is 1.12 bits per heavy atom. The predicted octanol–water partition coefficient (Wildman–Crippen LogP) is 2.47. The number of benzene rings is 1. The maximum Gasteiger partial charge on any atom is 0.243 e. The Balaban J connectivity index is 1.61. The number of carbonyl (C=O) groups excluding carboxylic acids is 1. The zero-order chi connectivity index (χ0) is 18.9. The third-order valence-corrected chi connectivity index (χ3v) is 6.76. The maximum atomic E-state index is 12.7. The molecule has 1 aromatic carbocycles. The Kier molecular flexibility index (Phi) is 5.53. The lowest BCUT2D eigenvalue weighted by atomic mass is 10.1. The summed E-state index contributed by atoms with van der Waals surface area (Å²) in [7, 11) is -3.53. The van der Waals surface area contributed by atoms with Crippen molar-refractivity contribution in [1.82, 2.24) is 14.2 Å². The minimum absolute atomic E-state index is 0.0564. The molecular formula is C18H22ClN3O3S. The minimum Gasteiger partial charge on any atom is -0.362 e. The topological polar surface area (TPSA) is 73.5 Å². The number of halogens is 1. The number of aromatic nitrogens is 1. The highest BCUT2D eigenvalue weighted by atomic mass is 35.5. The van der Waals surface area contributed by atoms with Gasteiger partial charge in [-0.1, -0.05) is 11.6 Å². The number of piperazine rings is 1. The van der Waals surface area contributed by atoms with Gasteiger partial charge in [0, 0.05) is 48.2 Å². The first-order valence-electron chi connectivity index (χ1n) is 8.45. The molecule has 0 atom stereocenters. The van der Waals surface area contributed by atoms with Gasteiger partial charge in [0.05, 0.1) is 11.4 Å². The van der Waals surface area contributed by atoms with E-state index in [1.54, 1.807) is 12.1 Å². The SMILES string of the molecule is Cc1cc(C(=O)CN2CCN(S(=O)(=O)c3ccc(Cl)cc3)CC2)c(C)[nH]1. The summed E-state index contributed by atoms with van der Waals surface area (Å²) in [6.45, 7) is 5.89. The average Bonchev–Trinajstić information content (AvgIpc) is 2.94. The summed E-state index contributed by atoms with van der Waals surface area (Å²) in [5.41, 5.74) is 2.54. The van der Waals surface area contributed by atoms with Crippen LogP contribution in [0, 0.1) is 13.8 Å². The number of carbonyl (C=O) groups is 1. The molecule has 0 radical (unpaired) electrons. The van der Waals surface area contributed by atoms with Crippen molar-refractivity contribution in [2.24, 2.45) is 0 Å². The van der Waals surface area contributed by atoms with Crippen molar-refractivity contribution in [3.63, 3.8) is 0 Å². The molecule has 0 saturated carbocycles. The van der Waals surface area contributed by atoms with Crippen molar-refractivity contribution in [2.75, 3.05) is 32.7 Å². The molecule has 26 heavy (non-hydrogen) atoms. The van der Waals surface area contributed by atoms with Gasteiger partial charge in [-0.25, -0.2) is 8.42 Å². The standard InChI is InChI=1S/C18H22ClN3O3S/c1-13-11-17(14(2)20-13)18(23)12-21-7-9-22(10-8-21)26(24,25)16-5-3-15(19)4-6-16/h3-6,11,20H,7-10,12H2,1-2H3. The van der Waals surface area contributed by atoms with Crippen molar-refractivity contribution in [3.8, 4) is 0 Å². The molecule has 1 aliphatic rings. The molecule has 8 heteroatoms. The van der Waals surface area contributed by atoms with E-state index in [4.69, 9.17) is 11.6 Å². The summed E-state index contributed by atoms with van der Waals surface area (Å²) in [6.07, 6.45) is 0. The van der Waals surface area contributed by atoms with Gasteiger partial charge >= 0.3 is 0 Å². The number of H-pyrrole nitrogens is 1. The molecule has 2 aromatic rings. The molecule has 1 fully saturated rings. The molecule has 2 heterocycles. The minimum atomic E-state index is -3.53. The predicted molar refractivity (Wildman–Crippen MR) is 101 cm³/mol. The number of rotatable bonds is 5. The van der Waals surface area contributed by atoms with Crippen molar-refractivity contribution < 1.29 is 13.2 Å². The van der Waals surface area contributed by atoms with Gasteiger partial charge in [-0.3, -0.25) is 9.69 Å². The van der Waals surface area contributed by atoms with Crippen LogP contribution in [0.15, 0.2) is 35.2 Å². The van der Waals surface area contributed by atoms with Gasteiger partial charge < -0.3 is 4.98 Å². The number of hydrogen-bond donors (Lipinski definition) is 1. The molecule has 0 unspecified atom stereocenters. The fraction of sp³-hybridized carbons (Fsp3) is 0.389. The van der Waals surface area contributed by atoms with Crippen LogP contribution in [0.1, 0.15) is 21.7 Å². The van der Waals surface area contributed by atoms with Crippen LogP contribution in [0.3, 0.4) is 0 Å². The number of hydrogen-bond acceptors (Lipinski definition) is 4. The fourth-order valence-electron chi connectivity index (χ4n) is 3.19. The van der Waals surface area contributed by atoms with Gasteiger partial charge in [-0.2, -0.15) is 4.31 Å². The first-order chi connectivity index (χ1) is 12.3. The van der Waals surface area contributed by atoms with E-state index in [1.807, 2.05) is 24.8 Å². The maximum absolute atomic E-state index is 12.7. The van der Waals surface area contributed by atoms with Crippen LogP contribution in [0.2, 0.25) is 5.02 Å². The van der Waals surface area contributed by atoms with Crippen LogP contribution < -0.4 is 0 Å². The number of sulfonamides is 1. The van der Waals surface area contributed by atoms with Gasteiger partial charge in [0.15, 0.2) is 5.78 Å². The monoisotopic (exact) mass is 395 g/mol. The van der Waals surface area contributed by atoms with E-state index in [1.165, 1.54) is 16.4 Å². The van der Waals surface area contributed by atoms with E-state index in [2.05, 4.69) is 4.98 Å². The van der Waals surface area contributed by atoms with Crippen LogP contribution >= 0.6 is 11.6 Å². The largest absolute Gasteiger partial charge is 0.362 e. The number of nitrogens with one attached hydrogen (secondary N) is 1. The summed E-state index contributed by atoms with van der Waals surface area (Å²) < 4.78 is 26.8. The Morgan fingerprint density at radius 3 is 2.27 bits per heavy atom. The Hall–Kier alpha value is -1.67. The molecule has 1 N–H and O–H groups in total. The smallest absolute Gasteiger partial charge is 0.243 e. The quantitative estimate of drug-likeness (QED) is 0.789. The van der Waals surface area contributed by atoms with Gasteiger partial charge in [0.2, 0.25) is 10.0 Å². The lowest BCUT2D eigenvalue weighted by molar-refractivity contribution is 0.0901. The van der Waals surface area contributed by atoms with Gasteiger partial charge in [-0.05, 0) is 44.2 Å². The highest BCUT2D eigenvalue weighted by molar-refractivity contribution is 7.89. The molecule has 0 bridgehead atoms. The molecule has 1 aromatic heterocycles. The van der Waals surface area contributed by atoms with E-state index < -0.39 is 10.0 Å². The summed E-state index contributed by atoms with van der Waals surface area (Å²) in [4.78, 5) is 17.8. The number of nitrogens with zero attached hydrogens (tertiary/aromatic N) is 2. The Labute approximate surface area is 158 Å². The van der Waals surface area contributed by atoms with Gasteiger partial charge in [0.25, 0.3) is 0 Å². The summed E-state index contributed by atoms with van der Waals surface area (Å²) >= 11 is 5.83. The van der Waals surface area contributed by atoms with E-state index >= 15 is 0 Å². The fourth-order valence-corrected chi connectivity index (χ4v) is 4.73. The second-order valence-corrected chi connectivity index (χ2v) is 8.92. The molecule has 3 rings (SSSR count). The lowest BCUT2D eigenvalue weighted by Crippen LogP contribution is -2.49. The number of aryl methyl sites for hydroxylation is 2. The van der Waals surface area contributed by atoms with Crippen molar-refractivity contribution in [1.29, 1.82) is 0 Å². The first-order valence-corrected chi connectivity index (χ1v) is 10.3. The highest BCUT2D eigenvalue weighted by Gasteiger charge is 2.29. The molecule has 6 nitrogen and oxygen atoms in total. The molecule has 0 spiro atoms. The molecule has 140 valence electrons. The zero-order valence-electron chi connectivity index (χ0n) is 14.8. The average molecular weight is 396 g/mol. The summed E-state index contributed by atoms with van der Waals surface area (Å²) in [6, 6.07) is 8.04. The first kappa shape index (κ1) is 19.1. The normalized spacial score (nSPS) is 16.7. The van der Waals surface area contributed by atoms with Crippen LogP contribution in [-0.2, 0) is 10.0 Å². The number of ketones is 1. The van der Waals surface area contributed by atoms with E-state index in [9.17, 15) is 13.2 Å². The van der Waals surface area contributed by atoms with Gasteiger partial charge in [-0.15, -0.1) is 0 Å².